The SMILES string of the molecule is COc1cc(/C=C/C=NC(CO)(CO)CO)cc(C)c1O. The summed E-state index contributed by atoms with van der Waals surface area (Å²) < 4.78 is 5.06. The fourth-order valence-corrected chi connectivity index (χ4v) is 1.65. The van der Waals surface area contributed by atoms with E-state index in [0.29, 0.717) is 11.3 Å². The Balaban J connectivity index is 2.89. The van der Waals surface area contributed by atoms with Crippen LogP contribution in [0.25, 0.3) is 6.08 Å². The molecular formula is C15H21NO5. The Morgan fingerprint density at radius 1 is 1.19 bits per heavy atom. The lowest BCUT2D eigenvalue weighted by molar-refractivity contribution is 0.0719. The number of aliphatic hydroxyl groups excluding tert-OH is 3. The average molecular weight is 295 g/mol. The summed E-state index contributed by atoms with van der Waals surface area (Å²) in [5.41, 5.74) is 0.213. The molecule has 0 atom stereocenters. The van der Waals surface area contributed by atoms with Crippen LogP contribution in [0.4, 0.5) is 0 Å². The molecule has 21 heavy (non-hydrogen) atoms. The highest BCUT2D eigenvalue weighted by Crippen LogP contribution is 2.31. The molecule has 116 valence electrons. The topological polar surface area (TPSA) is 103 Å². The van der Waals surface area contributed by atoms with Crippen LogP contribution in [0.15, 0.2) is 23.2 Å². The molecule has 0 saturated heterocycles. The molecule has 0 amide bonds. The quantitative estimate of drug-likeness (QED) is 0.549. The van der Waals surface area contributed by atoms with Crippen LogP contribution in [-0.2, 0) is 0 Å². The second-order valence-corrected chi connectivity index (χ2v) is 4.72. The van der Waals surface area contributed by atoms with Gasteiger partial charge in [-0.15, -0.1) is 0 Å². The predicted molar refractivity (Wildman–Crippen MR) is 80.9 cm³/mol. The largest absolute Gasteiger partial charge is 0.504 e. The van der Waals surface area contributed by atoms with Crippen LogP contribution in [0.2, 0.25) is 0 Å². The molecule has 0 bridgehead atoms. The number of phenolic OH excluding ortho intramolecular Hbond substituents is 1. The van der Waals surface area contributed by atoms with Gasteiger partial charge in [0.2, 0.25) is 0 Å². The monoisotopic (exact) mass is 295 g/mol. The number of nitrogens with zero attached hydrogens (tertiary/aromatic N) is 1. The molecule has 0 unspecified atom stereocenters. The molecule has 0 spiro atoms. The van der Waals surface area contributed by atoms with Crippen molar-refractivity contribution in [2.75, 3.05) is 26.9 Å². The maximum Gasteiger partial charge on any atom is 0.161 e. The van der Waals surface area contributed by atoms with Crippen molar-refractivity contribution in [1.82, 2.24) is 0 Å². The van der Waals surface area contributed by atoms with Crippen molar-refractivity contribution in [3.63, 3.8) is 0 Å². The normalized spacial score (nSPS) is 12.4. The van der Waals surface area contributed by atoms with Crippen molar-refractivity contribution in [1.29, 1.82) is 0 Å². The predicted octanol–water partition coefficient (Wildman–Crippen LogP) is 0.509. The maximum absolute atomic E-state index is 9.74. The van der Waals surface area contributed by atoms with E-state index in [-0.39, 0.29) is 5.75 Å². The first-order chi connectivity index (χ1) is 10.0. The minimum atomic E-state index is -1.27. The molecule has 6 heteroatoms. The van der Waals surface area contributed by atoms with Crippen molar-refractivity contribution in [3.8, 4) is 11.5 Å². The molecule has 0 radical (unpaired) electrons. The number of aromatic hydroxyl groups is 1. The number of phenols is 1. The third-order valence-electron chi connectivity index (χ3n) is 3.11. The molecule has 0 fully saturated rings. The second kappa shape index (κ2) is 7.78. The van der Waals surface area contributed by atoms with Crippen LogP contribution in [0, 0.1) is 6.92 Å². The molecule has 0 heterocycles. The van der Waals surface area contributed by atoms with E-state index in [1.54, 1.807) is 31.2 Å². The molecule has 0 aliphatic carbocycles. The molecule has 1 aromatic carbocycles. The van der Waals surface area contributed by atoms with Crippen molar-refractivity contribution < 1.29 is 25.2 Å². The van der Waals surface area contributed by atoms with Crippen LogP contribution in [0.3, 0.4) is 0 Å². The van der Waals surface area contributed by atoms with Gasteiger partial charge in [-0.2, -0.15) is 0 Å². The maximum atomic E-state index is 9.74. The first kappa shape index (κ1) is 17.2. The molecule has 0 aromatic heterocycles. The molecule has 4 N–H and O–H groups in total. The van der Waals surface area contributed by atoms with Gasteiger partial charge in [-0.1, -0.05) is 6.08 Å². The van der Waals surface area contributed by atoms with E-state index in [4.69, 9.17) is 20.1 Å². The summed E-state index contributed by atoms with van der Waals surface area (Å²) in [7, 11) is 1.47. The van der Waals surface area contributed by atoms with Gasteiger partial charge < -0.3 is 25.2 Å². The molecule has 0 aliphatic rings. The van der Waals surface area contributed by atoms with Gasteiger partial charge in [0.1, 0.15) is 5.54 Å². The van der Waals surface area contributed by atoms with Gasteiger partial charge in [-0.05, 0) is 36.3 Å². The number of hydrogen-bond acceptors (Lipinski definition) is 6. The molecule has 1 aromatic rings. The van der Waals surface area contributed by atoms with E-state index < -0.39 is 25.4 Å². The summed E-state index contributed by atoms with van der Waals surface area (Å²) >= 11 is 0. The number of ether oxygens (including phenoxy) is 1. The molecule has 6 nitrogen and oxygen atoms in total. The van der Waals surface area contributed by atoms with Gasteiger partial charge in [0, 0.05) is 6.21 Å². The smallest absolute Gasteiger partial charge is 0.161 e. The summed E-state index contributed by atoms with van der Waals surface area (Å²) in [4.78, 5) is 3.97. The van der Waals surface area contributed by atoms with Crippen LogP contribution in [0.1, 0.15) is 11.1 Å². The summed E-state index contributed by atoms with van der Waals surface area (Å²) in [6, 6.07) is 3.45. The summed E-state index contributed by atoms with van der Waals surface area (Å²) in [6.45, 7) is 0.418. The zero-order valence-electron chi connectivity index (χ0n) is 12.2. The highest BCUT2D eigenvalue weighted by molar-refractivity contribution is 5.79. The molecule has 0 saturated carbocycles. The van der Waals surface area contributed by atoms with Crippen LogP contribution in [-0.4, -0.2) is 59.1 Å². The lowest BCUT2D eigenvalue weighted by Gasteiger charge is -2.21. The summed E-state index contributed by atoms with van der Waals surface area (Å²) in [6.07, 6.45) is 4.74. The first-order valence-electron chi connectivity index (χ1n) is 6.44. The second-order valence-electron chi connectivity index (χ2n) is 4.72. The van der Waals surface area contributed by atoms with Gasteiger partial charge >= 0.3 is 0 Å². The van der Waals surface area contributed by atoms with E-state index in [1.165, 1.54) is 13.3 Å². The minimum absolute atomic E-state index is 0.100. The molecule has 0 aliphatic heterocycles. The third kappa shape index (κ3) is 4.29. The number of benzene rings is 1. The Hall–Kier alpha value is -1.89. The number of methoxy groups -OCH3 is 1. The number of rotatable bonds is 7. The molecular weight excluding hydrogens is 274 g/mol. The Morgan fingerprint density at radius 2 is 1.81 bits per heavy atom. The van der Waals surface area contributed by atoms with Gasteiger partial charge in [0.15, 0.2) is 11.5 Å². The van der Waals surface area contributed by atoms with Crippen LogP contribution >= 0.6 is 0 Å². The Labute approximate surface area is 123 Å². The van der Waals surface area contributed by atoms with Crippen LogP contribution in [0.5, 0.6) is 11.5 Å². The van der Waals surface area contributed by atoms with E-state index in [1.807, 2.05) is 0 Å². The number of aliphatic imine (C=N–C) groups is 1. The first-order valence-corrected chi connectivity index (χ1v) is 6.44. The minimum Gasteiger partial charge on any atom is -0.504 e. The van der Waals surface area contributed by atoms with E-state index in [2.05, 4.69) is 4.99 Å². The standard InChI is InChI=1S/C15H21NO5/c1-11-6-12(7-13(21-2)14(11)20)4-3-5-16-15(8-17,9-18)10-19/h3-7,17-20H,8-10H2,1-2H3/b4-3+,16-5?. The Morgan fingerprint density at radius 3 is 2.33 bits per heavy atom. The van der Waals surface area contributed by atoms with Gasteiger partial charge in [0.05, 0.1) is 26.9 Å². The zero-order chi connectivity index (χ0) is 15.9. The highest BCUT2D eigenvalue weighted by Gasteiger charge is 2.25. The lowest BCUT2D eigenvalue weighted by Crippen LogP contribution is -2.39. The number of aliphatic hydroxyl groups is 3. The molecule has 1 rings (SSSR count). The van der Waals surface area contributed by atoms with Crippen molar-refractivity contribution in [2.24, 2.45) is 4.99 Å². The van der Waals surface area contributed by atoms with E-state index in [9.17, 15) is 5.11 Å². The van der Waals surface area contributed by atoms with Gasteiger partial charge in [-0.3, -0.25) is 4.99 Å². The van der Waals surface area contributed by atoms with Gasteiger partial charge in [-0.25, -0.2) is 0 Å². The van der Waals surface area contributed by atoms with Crippen molar-refractivity contribution in [2.45, 2.75) is 12.5 Å². The number of hydrogen-bond donors (Lipinski definition) is 4. The fourth-order valence-electron chi connectivity index (χ4n) is 1.65. The number of aryl methyl sites for hydroxylation is 1. The fraction of sp³-hybridized carbons (Fsp3) is 0.400. The van der Waals surface area contributed by atoms with E-state index in [0.717, 1.165) is 5.56 Å². The average Bonchev–Trinajstić information content (AvgIpc) is 2.51. The highest BCUT2D eigenvalue weighted by atomic mass is 16.5. The zero-order valence-corrected chi connectivity index (χ0v) is 12.2. The van der Waals surface area contributed by atoms with E-state index >= 15 is 0 Å². The van der Waals surface area contributed by atoms with Crippen molar-refractivity contribution in [3.05, 3.63) is 29.3 Å². The summed E-state index contributed by atoms with van der Waals surface area (Å²) in [5, 5.41) is 37.1. The Kier molecular flexibility index (Phi) is 6.36. The van der Waals surface area contributed by atoms with Crippen LogP contribution < -0.4 is 4.74 Å². The van der Waals surface area contributed by atoms with Crippen molar-refractivity contribution >= 4 is 12.3 Å². The lowest BCUT2D eigenvalue weighted by atomic mass is 10.1. The number of allylic oxidation sites excluding steroid dienone is 1. The third-order valence-corrected chi connectivity index (χ3v) is 3.11. The Bertz CT molecular complexity index is 513. The van der Waals surface area contributed by atoms with Gasteiger partial charge in [0.25, 0.3) is 0 Å². The summed E-state index contributed by atoms with van der Waals surface area (Å²) in [5.74, 6) is 0.477.